The first kappa shape index (κ1) is 44.4. The molecule has 14 nitrogen and oxygen atoms in total. The van der Waals surface area contributed by atoms with E-state index >= 15 is 8.78 Å². The predicted octanol–water partition coefficient (Wildman–Crippen LogP) is 5.49. The molecule has 4 aromatic rings. The van der Waals surface area contributed by atoms with Crippen molar-refractivity contribution in [2.75, 3.05) is 63.9 Å². The van der Waals surface area contributed by atoms with Crippen LogP contribution in [-0.4, -0.2) is 136 Å². The van der Waals surface area contributed by atoms with Crippen LogP contribution in [0.1, 0.15) is 84.6 Å². The number of pyridine rings is 1. The lowest BCUT2D eigenvalue weighted by atomic mass is 9.85. The molecular weight excluding hydrogens is 823 g/mol. The zero-order chi connectivity index (χ0) is 44.9. The van der Waals surface area contributed by atoms with Crippen molar-refractivity contribution in [1.82, 2.24) is 35.4 Å². The number of amides is 2. The van der Waals surface area contributed by atoms with E-state index in [9.17, 15) is 19.8 Å². The third kappa shape index (κ3) is 9.33. The van der Waals surface area contributed by atoms with Gasteiger partial charge in [-0.25, -0.2) is 8.78 Å². The van der Waals surface area contributed by atoms with E-state index < -0.39 is 29.2 Å². The van der Waals surface area contributed by atoms with E-state index in [-0.39, 0.29) is 59.3 Å². The van der Waals surface area contributed by atoms with Crippen molar-refractivity contribution >= 4 is 39.3 Å². The molecule has 0 radical (unpaired) electrons. The quantitative estimate of drug-likeness (QED) is 0.126. The minimum atomic E-state index is -0.685. The highest BCUT2D eigenvalue weighted by Crippen LogP contribution is 2.47. The normalized spacial score (nSPS) is 23.0. The van der Waals surface area contributed by atoms with Crippen molar-refractivity contribution in [1.29, 1.82) is 0 Å². The molecular formula is C48H62F2N8O6. The first-order chi connectivity index (χ1) is 30.7. The minimum Gasteiger partial charge on any atom is -0.508 e. The summed E-state index contributed by atoms with van der Waals surface area (Å²) in [5.74, 6) is -0.970. The Morgan fingerprint density at radius 2 is 1.77 bits per heavy atom. The number of aryl methyl sites for hydroxylation is 1. The third-order valence-corrected chi connectivity index (χ3v) is 14.1. The molecule has 1 aliphatic carbocycles. The number of piperazine rings is 1. The highest BCUT2D eigenvalue weighted by molar-refractivity contribution is 6.02. The van der Waals surface area contributed by atoms with Crippen LogP contribution in [0.5, 0.6) is 11.8 Å². The van der Waals surface area contributed by atoms with Gasteiger partial charge in [-0.2, -0.15) is 9.97 Å². The topological polar surface area (TPSA) is 166 Å². The number of anilines is 1. The number of ether oxygens (including phenoxy) is 2. The van der Waals surface area contributed by atoms with Crippen LogP contribution >= 0.6 is 0 Å². The monoisotopic (exact) mass is 884 g/mol. The molecule has 4 atom stereocenters. The number of aromatic nitrogens is 3. The van der Waals surface area contributed by atoms with Crippen LogP contribution in [0.15, 0.2) is 30.5 Å². The number of rotatable bonds is 14. The number of fused-ring (bicyclic) bond motifs is 4. The molecule has 1 saturated carbocycles. The Hall–Kier alpha value is -4.77. The second-order valence-corrected chi connectivity index (χ2v) is 20.0. The van der Waals surface area contributed by atoms with E-state index in [0.29, 0.717) is 90.8 Å². The SMILES string of the molecule is CCc1c(F)ccc2cc(O)cc(-c3ncc4c(N5CC6CC[C@H](C5)N6)nc(OCC5(CN6CCC(OCCC(=O)NC(C(=O)N7CCC(O)C7)C(C)(C)C)CC6)CC5)nc4c3F)c12. The van der Waals surface area contributed by atoms with Gasteiger partial charge < -0.3 is 45.0 Å². The summed E-state index contributed by atoms with van der Waals surface area (Å²) in [7, 11) is 0. The molecule has 3 unspecified atom stereocenters. The number of carbonyl (C=O) groups is 2. The second-order valence-electron chi connectivity index (χ2n) is 20.0. The molecule has 64 heavy (non-hydrogen) atoms. The average Bonchev–Trinajstić information content (AvgIpc) is 3.75. The van der Waals surface area contributed by atoms with E-state index in [1.165, 1.54) is 12.1 Å². The van der Waals surface area contributed by atoms with Gasteiger partial charge in [-0.3, -0.25) is 14.6 Å². The van der Waals surface area contributed by atoms with Crippen molar-refractivity contribution < 1.29 is 38.1 Å². The number of phenolic OH excluding ortho intramolecular Hbond substituents is 1. The number of hydrogen-bond acceptors (Lipinski definition) is 12. The average molecular weight is 885 g/mol. The van der Waals surface area contributed by atoms with Crippen LogP contribution in [0, 0.1) is 22.5 Å². The van der Waals surface area contributed by atoms with Crippen LogP contribution in [0.2, 0.25) is 0 Å². The second kappa shape index (κ2) is 17.9. The zero-order valence-electron chi connectivity index (χ0n) is 37.5. The van der Waals surface area contributed by atoms with Gasteiger partial charge >= 0.3 is 6.01 Å². The number of aliphatic hydroxyl groups excluding tert-OH is 1. The van der Waals surface area contributed by atoms with Crippen molar-refractivity contribution in [3.8, 4) is 23.0 Å². The number of phenols is 1. The molecule has 6 heterocycles. The molecule has 2 bridgehead atoms. The molecule has 4 N–H and O–H groups in total. The Bertz CT molecular complexity index is 2390. The summed E-state index contributed by atoms with van der Waals surface area (Å²) in [4.78, 5) is 46.7. The number of carbonyl (C=O) groups excluding carboxylic acids is 2. The number of nitrogens with one attached hydrogen (secondary N) is 2. The Balaban J connectivity index is 0.852. The van der Waals surface area contributed by atoms with Crippen LogP contribution in [0.3, 0.4) is 0 Å². The Morgan fingerprint density at radius 1 is 1.02 bits per heavy atom. The van der Waals surface area contributed by atoms with Crippen LogP contribution in [0.4, 0.5) is 14.6 Å². The lowest BCUT2D eigenvalue weighted by molar-refractivity contribution is -0.139. The van der Waals surface area contributed by atoms with Gasteiger partial charge in [-0.1, -0.05) is 33.8 Å². The maximum Gasteiger partial charge on any atom is 0.319 e. The summed E-state index contributed by atoms with van der Waals surface area (Å²) in [5, 5.41) is 28.8. The van der Waals surface area contributed by atoms with Crippen LogP contribution in [0.25, 0.3) is 32.9 Å². The van der Waals surface area contributed by atoms with Gasteiger partial charge in [0.1, 0.15) is 34.6 Å². The van der Waals surface area contributed by atoms with Crippen LogP contribution in [-0.2, 0) is 20.7 Å². The van der Waals surface area contributed by atoms with E-state index in [0.717, 1.165) is 58.2 Å². The van der Waals surface area contributed by atoms with E-state index in [1.807, 2.05) is 27.7 Å². The number of aromatic hydroxyl groups is 1. The fourth-order valence-corrected chi connectivity index (χ4v) is 10.3. The van der Waals surface area contributed by atoms with Gasteiger partial charge in [-0.05, 0) is 91.3 Å². The number of β-amino-alcohol motifs (C(OH)–C–C–N with tert-alkyl or cyclic N) is 1. The summed E-state index contributed by atoms with van der Waals surface area (Å²) in [6.07, 6.45) is 7.93. The summed E-state index contributed by atoms with van der Waals surface area (Å²) < 4.78 is 44.9. The van der Waals surface area contributed by atoms with E-state index in [4.69, 9.17) is 19.4 Å². The molecule has 2 aromatic heterocycles. The molecule has 2 aromatic carbocycles. The largest absolute Gasteiger partial charge is 0.508 e. The third-order valence-electron chi connectivity index (χ3n) is 14.1. The van der Waals surface area contributed by atoms with E-state index in [1.54, 1.807) is 23.2 Å². The maximum absolute atomic E-state index is 17.1. The van der Waals surface area contributed by atoms with Gasteiger partial charge in [0.25, 0.3) is 0 Å². The van der Waals surface area contributed by atoms with Gasteiger partial charge in [-0.15, -0.1) is 0 Å². The zero-order valence-corrected chi connectivity index (χ0v) is 37.5. The summed E-state index contributed by atoms with van der Waals surface area (Å²) in [6, 6.07) is 5.96. The van der Waals surface area contributed by atoms with Crippen molar-refractivity contribution in [3.05, 3.63) is 47.7 Å². The highest BCUT2D eigenvalue weighted by Gasteiger charge is 2.46. The number of benzene rings is 2. The minimum absolute atomic E-state index is 0.0280. The first-order valence-electron chi connectivity index (χ1n) is 23.2. The van der Waals surface area contributed by atoms with Crippen LogP contribution < -0.4 is 20.3 Å². The van der Waals surface area contributed by atoms with Gasteiger partial charge in [0.05, 0.1) is 30.8 Å². The summed E-state index contributed by atoms with van der Waals surface area (Å²) >= 11 is 0. The maximum atomic E-state index is 17.1. The first-order valence-corrected chi connectivity index (χ1v) is 23.2. The summed E-state index contributed by atoms with van der Waals surface area (Å²) in [6.45, 7) is 13.0. The lowest BCUT2D eigenvalue weighted by Gasteiger charge is -2.35. The molecule has 4 saturated heterocycles. The molecule has 344 valence electrons. The van der Waals surface area contributed by atoms with Crippen molar-refractivity contribution in [2.24, 2.45) is 10.8 Å². The highest BCUT2D eigenvalue weighted by atomic mass is 19.1. The number of piperidine rings is 1. The van der Waals surface area contributed by atoms with Crippen molar-refractivity contribution in [2.45, 2.75) is 116 Å². The predicted molar refractivity (Wildman–Crippen MR) is 239 cm³/mol. The number of halogens is 2. The standard InChI is InChI=1S/C48H62F2N8O6/c1-5-34-37(49)9-6-28-20-32(60)21-35(39(28)34)41-40(50)42-36(22-51-41)44(58-23-29-7-8-30(24-58)52-29)55-46(54-42)64-27-48(14-15-48)26-56-16-11-33(12-17-56)63-19-13-38(61)53-43(47(2,3)4)45(62)57-18-10-31(59)25-57/h6,9,20-22,29-31,33,43,52,59-60H,5,7-8,10-19,23-27H2,1-4H3,(H,53,61)/t29-,30?,31?,43?/m1/s1. The number of hydrogen-bond donors (Lipinski definition) is 4. The molecule has 5 aliphatic rings. The van der Waals surface area contributed by atoms with Gasteiger partial charge in [0.15, 0.2) is 5.82 Å². The van der Waals surface area contributed by atoms with Crippen molar-refractivity contribution in [3.63, 3.8) is 0 Å². The fraction of sp³-hybridized carbons (Fsp3) is 0.604. The molecule has 5 fully saturated rings. The van der Waals surface area contributed by atoms with Gasteiger partial charge in [0, 0.05) is 81.5 Å². The molecule has 9 rings (SSSR count). The number of likely N-dealkylation sites (tertiary alicyclic amines) is 2. The fourth-order valence-electron chi connectivity index (χ4n) is 10.3. The summed E-state index contributed by atoms with van der Waals surface area (Å²) in [5.41, 5.74) is 0.182. The van der Waals surface area contributed by atoms with E-state index in [2.05, 4.69) is 25.4 Å². The lowest BCUT2D eigenvalue weighted by Crippen LogP contribution is -2.54. The molecule has 4 aliphatic heterocycles. The Labute approximate surface area is 373 Å². The molecule has 2 amide bonds. The smallest absolute Gasteiger partial charge is 0.319 e. The molecule has 0 spiro atoms. The Kier molecular flexibility index (Phi) is 12.4. The molecule has 16 heteroatoms. The Morgan fingerprint density at radius 3 is 2.44 bits per heavy atom. The number of aliphatic hydroxyl groups is 1. The number of nitrogens with zero attached hydrogens (tertiary/aromatic N) is 6. The van der Waals surface area contributed by atoms with Gasteiger partial charge in [0.2, 0.25) is 11.8 Å².